The summed E-state index contributed by atoms with van der Waals surface area (Å²) in [5.74, 6) is 1.65. The van der Waals surface area contributed by atoms with Crippen LogP contribution < -0.4 is 4.90 Å². The van der Waals surface area contributed by atoms with Gasteiger partial charge in [-0.25, -0.2) is 4.98 Å². The molecule has 1 aromatic heterocycles. The first kappa shape index (κ1) is 14.3. The third-order valence-corrected chi connectivity index (χ3v) is 4.40. The Kier molecular flexibility index (Phi) is 4.14. The van der Waals surface area contributed by atoms with E-state index in [-0.39, 0.29) is 5.41 Å². The number of hydrogen-bond acceptors (Lipinski definition) is 3. The average molecular weight is 261 g/mol. The molecule has 3 nitrogen and oxygen atoms in total. The van der Waals surface area contributed by atoms with E-state index in [1.54, 1.807) is 0 Å². The van der Waals surface area contributed by atoms with Gasteiger partial charge in [0.25, 0.3) is 0 Å². The van der Waals surface area contributed by atoms with Crippen molar-refractivity contribution in [1.29, 1.82) is 0 Å². The summed E-state index contributed by atoms with van der Waals surface area (Å²) in [5.41, 5.74) is 1.63. The molecule has 1 fully saturated rings. The molecule has 2 heterocycles. The minimum Gasteiger partial charge on any atom is -0.354 e. The Balaban J connectivity index is 2.06. The first-order valence-electron chi connectivity index (χ1n) is 7.27. The maximum absolute atomic E-state index is 4.67. The van der Waals surface area contributed by atoms with Gasteiger partial charge in [-0.3, -0.25) is 0 Å². The molecular weight excluding hydrogens is 234 g/mol. The maximum atomic E-state index is 4.67. The van der Waals surface area contributed by atoms with Gasteiger partial charge in [-0.05, 0) is 30.0 Å². The Bertz CT molecular complexity index is 397. The van der Waals surface area contributed by atoms with Gasteiger partial charge in [0.15, 0.2) is 0 Å². The standard InChI is InChI=1S/C16H27N3/c1-13(16(2,3)4)14-6-7-15(17-12-14)19-10-8-18(5)9-11-19/h6-7,12-13H,8-11H2,1-5H3/t13-/m0/s1. The van der Waals surface area contributed by atoms with Crippen molar-refractivity contribution in [1.82, 2.24) is 9.88 Å². The number of aromatic nitrogens is 1. The molecule has 3 heteroatoms. The van der Waals surface area contributed by atoms with Gasteiger partial charge in [0.1, 0.15) is 5.82 Å². The van der Waals surface area contributed by atoms with Crippen LogP contribution in [0, 0.1) is 5.41 Å². The number of rotatable bonds is 2. The number of likely N-dealkylation sites (N-methyl/N-ethyl adjacent to an activating group) is 1. The van der Waals surface area contributed by atoms with Crippen LogP contribution >= 0.6 is 0 Å². The molecule has 2 rings (SSSR count). The van der Waals surface area contributed by atoms with Gasteiger partial charge in [0, 0.05) is 32.4 Å². The van der Waals surface area contributed by atoms with Crippen LogP contribution in [0.15, 0.2) is 18.3 Å². The Hall–Kier alpha value is -1.09. The quantitative estimate of drug-likeness (QED) is 0.816. The predicted molar refractivity (Wildman–Crippen MR) is 81.8 cm³/mol. The second kappa shape index (κ2) is 5.49. The Morgan fingerprint density at radius 3 is 2.21 bits per heavy atom. The van der Waals surface area contributed by atoms with Crippen LogP contribution in [-0.2, 0) is 0 Å². The molecule has 0 radical (unpaired) electrons. The zero-order valence-electron chi connectivity index (χ0n) is 13.0. The van der Waals surface area contributed by atoms with Crippen LogP contribution in [0.2, 0.25) is 0 Å². The molecule has 0 aromatic carbocycles. The van der Waals surface area contributed by atoms with Gasteiger partial charge < -0.3 is 9.80 Å². The molecule has 1 aliphatic heterocycles. The lowest BCUT2D eigenvalue weighted by Gasteiger charge is -2.33. The fraction of sp³-hybridized carbons (Fsp3) is 0.688. The summed E-state index contributed by atoms with van der Waals surface area (Å²) in [6.07, 6.45) is 2.06. The minimum atomic E-state index is 0.289. The number of hydrogen-bond donors (Lipinski definition) is 0. The van der Waals surface area contributed by atoms with E-state index in [0.717, 1.165) is 32.0 Å². The minimum absolute atomic E-state index is 0.289. The summed E-state index contributed by atoms with van der Waals surface area (Å²) in [6, 6.07) is 4.43. The molecule has 0 bridgehead atoms. The second-order valence-electron chi connectivity index (χ2n) is 6.83. The van der Waals surface area contributed by atoms with Crippen molar-refractivity contribution in [3.05, 3.63) is 23.9 Å². The van der Waals surface area contributed by atoms with Gasteiger partial charge in [0.05, 0.1) is 0 Å². The van der Waals surface area contributed by atoms with Crippen molar-refractivity contribution in [3.63, 3.8) is 0 Å². The van der Waals surface area contributed by atoms with E-state index in [1.165, 1.54) is 5.56 Å². The first-order chi connectivity index (χ1) is 8.88. The summed E-state index contributed by atoms with van der Waals surface area (Å²) < 4.78 is 0. The van der Waals surface area contributed by atoms with E-state index in [9.17, 15) is 0 Å². The molecule has 0 saturated carbocycles. The lowest BCUT2D eigenvalue weighted by Crippen LogP contribution is -2.44. The Morgan fingerprint density at radius 2 is 1.74 bits per heavy atom. The molecular formula is C16H27N3. The fourth-order valence-electron chi connectivity index (χ4n) is 2.38. The van der Waals surface area contributed by atoms with Gasteiger partial charge in [0.2, 0.25) is 0 Å². The van der Waals surface area contributed by atoms with Gasteiger partial charge in [-0.2, -0.15) is 0 Å². The highest BCUT2D eigenvalue weighted by atomic mass is 15.3. The van der Waals surface area contributed by atoms with Crippen LogP contribution in [-0.4, -0.2) is 43.1 Å². The van der Waals surface area contributed by atoms with Crippen molar-refractivity contribution in [3.8, 4) is 0 Å². The zero-order valence-corrected chi connectivity index (χ0v) is 13.0. The predicted octanol–water partition coefficient (Wildman–Crippen LogP) is 2.98. The molecule has 0 aliphatic carbocycles. The van der Waals surface area contributed by atoms with Crippen molar-refractivity contribution in [2.24, 2.45) is 5.41 Å². The van der Waals surface area contributed by atoms with E-state index in [1.807, 2.05) is 0 Å². The summed E-state index contributed by atoms with van der Waals surface area (Å²) in [4.78, 5) is 9.42. The average Bonchev–Trinajstić information content (AvgIpc) is 2.38. The second-order valence-corrected chi connectivity index (χ2v) is 6.83. The van der Waals surface area contributed by atoms with Gasteiger partial charge in [-0.1, -0.05) is 33.8 Å². The number of anilines is 1. The van der Waals surface area contributed by atoms with Crippen molar-refractivity contribution in [2.75, 3.05) is 38.1 Å². The molecule has 0 unspecified atom stereocenters. The van der Waals surface area contributed by atoms with Crippen molar-refractivity contribution >= 4 is 5.82 Å². The molecule has 106 valence electrons. The zero-order chi connectivity index (χ0) is 14.0. The van der Waals surface area contributed by atoms with Gasteiger partial charge in [-0.15, -0.1) is 0 Å². The topological polar surface area (TPSA) is 19.4 Å². The molecule has 1 atom stereocenters. The largest absolute Gasteiger partial charge is 0.354 e. The first-order valence-corrected chi connectivity index (χ1v) is 7.27. The third-order valence-electron chi connectivity index (χ3n) is 4.40. The van der Waals surface area contributed by atoms with Crippen molar-refractivity contribution in [2.45, 2.75) is 33.6 Å². The summed E-state index contributed by atoms with van der Waals surface area (Å²) in [6.45, 7) is 13.6. The summed E-state index contributed by atoms with van der Waals surface area (Å²) in [5, 5.41) is 0. The molecule has 1 aromatic rings. The van der Waals surface area contributed by atoms with E-state index in [2.05, 4.69) is 67.9 Å². The fourth-order valence-corrected chi connectivity index (χ4v) is 2.38. The molecule has 1 aliphatic rings. The Labute approximate surface area is 117 Å². The lowest BCUT2D eigenvalue weighted by molar-refractivity contribution is 0.312. The van der Waals surface area contributed by atoms with Crippen LogP contribution in [0.3, 0.4) is 0 Å². The van der Waals surface area contributed by atoms with E-state index in [0.29, 0.717) is 5.92 Å². The third kappa shape index (κ3) is 3.47. The highest BCUT2D eigenvalue weighted by molar-refractivity contribution is 5.40. The smallest absolute Gasteiger partial charge is 0.128 e. The summed E-state index contributed by atoms with van der Waals surface area (Å²) in [7, 11) is 2.18. The molecule has 19 heavy (non-hydrogen) atoms. The van der Waals surface area contributed by atoms with Crippen LogP contribution in [0.5, 0.6) is 0 Å². The molecule has 0 amide bonds. The highest BCUT2D eigenvalue weighted by Gasteiger charge is 2.22. The van der Waals surface area contributed by atoms with Crippen LogP contribution in [0.4, 0.5) is 5.82 Å². The van der Waals surface area contributed by atoms with Crippen molar-refractivity contribution < 1.29 is 0 Å². The normalized spacial score (nSPS) is 19.5. The highest BCUT2D eigenvalue weighted by Crippen LogP contribution is 2.34. The maximum Gasteiger partial charge on any atom is 0.128 e. The van der Waals surface area contributed by atoms with Gasteiger partial charge >= 0.3 is 0 Å². The van der Waals surface area contributed by atoms with E-state index >= 15 is 0 Å². The molecule has 1 saturated heterocycles. The number of nitrogens with zero attached hydrogens (tertiary/aromatic N) is 3. The summed E-state index contributed by atoms with van der Waals surface area (Å²) >= 11 is 0. The Morgan fingerprint density at radius 1 is 1.11 bits per heavy atom. The number of piperazine rings is 1. The van der Waals surface area contributed by atoms with E-state index < -0.39 is 0 Å². The number of pyridine rings is 1. The molecule has 0 spiro atoms. The monoisotopic (exact) mass is 261 g/mol. The van der Waals surface area contributed by atoms with Crippen LogP contribution in [0.25, 0.3) is 0 Å². The van der Waals surface area contributed by atoms with E-state index in [4.69, 9.17) is 0 Å². The van der Waals surface area contributed by atoms with Crippen LogP contribution in [0.1, 0.15) is 39.2 Å². The lowest BCUT2D eigenvalue weighted by atomic mass is 9.78. The molecule has 0 N–H and O–H groups in total. The SMILES string of the molecule is C[C@@H](c1ccc(N2CCN(C)CC2)nc1)C(C)(C)C.